The molecule has 0 amide bonds. The number of carbonyl (C=O) groups excluding carboxylic acids is 2. The van der Waals surface area contributed by atoms with Gasteiger partial charge in [-0.05, 0) is 38.5 Å². The molecule has 1 atom stereocenters. The fourth-order valence-electron chi connectivity index (χ4n) is 6.08. The second-order valence-electron chi connectivity index (χ2n) is 14.3. The van der Waals surface area contributed by atoms with E-state index >= 15 is 0 Å². The smallest absolute Gasteiger partial charge is 0.306 e. The van der Waals surface area contributed by atoms with Crippen LogP contribution < -0.4 is 0 Å². The summed E-state index contributed by atoms with van der Waals surface area (Å²) in [7, 11) is 0. The maximum atomic E-state index is 12.5. The molecule has 0 aromatic rings. The van der Waals surface area contributed by atoms with Crippen molar-refractivity contribution in [1.82, 2.24) is 0 Å². The number of carbonyl (C=O) groups is 2. The van der Waals surface area contributed by atoms with E-state index in [0.29, 0.717) is 26.1 Å². The number of unbranched alkanes of at least 4 members (excludes halogenated alkanes) is 26. The normalized spacial score (nSPS) is 12.1. The molecule has 0 rings (SSSR count). The van der Waals surface area contributed by atoms with Crippen LogP contribution in [-0.2, 0) is 23.8 Å². The quantitative estimate of drug-likeness (QED) is 0.0368. The molecule has 0 bridgehead atoms. The standard InChI is InChI=1S/C43H82O5/c1-4-7-10-13-15-17-19-20-21-22-23-25-27-29-32-35-38-46-39-41(48-43(45)37-34-30-12-9-6-3)40-47-42(44)36-33-31-28-26-24-18-16-14-11-8-5-2/h14,16,41H,4-13,15,17-40H2,1-3H3/b16-14-. The molecule has 0 fully saturated rings. The summed E-state index contributed by atoms with van der Waals surface area (Å²) >= 11 is 0. The van der Waals surface area contributed by atoms with Crippen LogP contribution in [0.1, 0.15) is 226 Å². The van der Waals surface area contributed by atoms with E-state index in [4.69, 9.17) is 14.2 Å². The summed E-state index contributed by atoms with van der Waals surface area (Å²) in [6.07, 6.45) is 42.3. The SMILES string of the molecule is CCCC/C=C\CCCCCCCC(=O)OCC(COCCCCCCCCCCCCCCCCCC)OC(=O)CCCCCCC. The average Bonchev–Trinajstić information content (AvgIpc) is 3.08. The van der Waals surface area contributed by atoms with Crippen molar-refractivity contribution in [2.75, 3.05) is 19.8 Å². The molecular weight excluding hydrogens is 596 g/mol. The maximum Gasteiger partial charge on any atom is 0.306 e. The highest BCUT2D eigenvalue weighted by molar-refractivity contribution is 5.70. The Kier molecular flexibility index (Phi) is 38.9. The molecule has 0 saturated heterocycles. The van der Waals surface area contributed by atoms with Gasteiger partial charge in [0, 0.05) is 19.4 Å². The summed E-state index contributed by atoms with van der Waals surface area (Å²) in [5.41, 5.74) is 0. The molecule has 5 heteroatoms. The highest BCUT2D eigenvalue weighted by Crippen LogP contribution is 2.14. The lowest BCUT2D eigenvalue weighted by Crippen LogP contribution is -2.30. The van der Waals surface area contributed by atoms with Gasteiger partial charge in [-0.3, -0.25) is 9.59 Å². The van der Waals surface area contributed by atoms with E-state index < -0.39 is 6.10 Å². The van der Waals surface area contributed by atoms with Crippen molar-refractivity contribution in [3.63, 3.8) is 0 Å². The van der Waals surface area contributed by atoms with Crippen molar-refractivity contribution in [3.8, 4) is 0 Å². The minimum atomic E-state index is -0.525. The van der Waals surface area contributed by atoms with Crippen molar-refractivity contribution in [1.29, 1.82) is 0 Å². The minimum Gasteiger partial charge on any atom is -0.462 e. The van der Waals surface area contributed by atoms with Gasteiger partial charge in [0.1, 0.15) is 6.61 Å². The van der Waals surface area contributed by atoms with Crippen molar-refractivity contribution in [3.05, 3.63) is 12.2 Å². The van der Waals surface area contributed by atoms with E-state index in [-0.39, 0.29) is 18.5 Å². The summed E-state index contributed by atoms with van der Waals surface area (Å²) < 4.78 is 17.1. The second kappa shape index (κ2) is 40.1. The Morgan fingerprint density at radius 2 is 0.833 bits per heavy atom. The first-order chi connectivity index (χ1) is 23.6. The van der Waals surface area contributed by atoms with E-state index in [1.165, 1.54) is 141 Å². The molecule has 0 aliphatic rings. The molecule has 1 unspecified atom stereocenters. The van der Waals surface area contributed by atoms with E-state index in [2.05, 4.69) is 32.9 Å². The van der Waals surface area contributed by atoms with Gasteiger partial charge < -0.3 is 14.2 Å². The van der Waals surface area contributed by atoms with Crippen molar-refractivity contribution < 1.29 is 23.8 Å². The minimum absolute atomic E-state index is 0.0870. The number of esters is 2. The monoisotopic (exact) mass is 679 g/mol. The highest BCUT2D eigenvalue weighted by atomic mass is 16.6. The van der Waals surface area contributed by atoms with Crippen LogP contribution in [0.25, 0.3) is 0 Å². The fraction of sp³-hybridized carbons (Fsp3) is 0.907. The summed E-state index contributed by atoms with van der Waals surface area (Å²) in [5, 5.41) is 0. The Morgan fingerprint density at radius 1 is 0.438 bits per heavy atom. The van der Waals surface area contributed by atoms with Crippen LogP contribution in [0.2, 0.25) is 0 Å². The van der Waals surface area contributed by atoms with E-state index in [0.717, 1.165) is 51.4 Å². The Hall–Kier alpha value is -1.36. The Bertz CT molecular complexity index is 691. The van der Waals surface area contributed by atoms with Crippen molar-refractivity contribution in [2.24, 2.45) is 0 Å². The molecule has 0 aromatic heterocycles. The van der Waals surface area contributed by atoms with Crippen molar-refractivity contribution >= 4 is 11.9 Å². The van der Waals surface area contributed by atoms with Gasteiger partial charge in [0.25, 0.3) is 0 Å². The molecule has 0 spiro atoms. The highest BCUT2D eigenvalue weighted by Gasteiger charge is 2.17. The fourth-order valence-corrected chi connectivity index (χ4v) is 6.08. The molecular formula is C43H82O5. The molecule has 0 aliphatic heterocycles. The van der Waals surface area contributed by atoms with E-state index in [1.54, 1.807) is 0 Å². The molecule has 0 aliphatic carbocycles. The Balaban J connectivity index is 4.03. The lowest BCUT2D eigenvalue weighted by molar-refractivity contribution is -0.163. The second-order valence-corrected chi connectivity index (χ2v) is 14.3. The predicted octanol–water partition coefficient (Wildman–Crippen LogP) is 13.6. The Morgan fingerprint density at radius 3 is 1.33 bits per heavy atom. The summed E-state index contributed by atoms with van der Waals surface area (Å²) in [4.78, 5) is 24.9. The van der Waals surface area contributed by atoms with Gasteiger partial charge in [0.05, 0.1) is 6.61 Å². The number of rotatable bonds is 39. The van der Waals surface area contributed by atoms with Gasteiger partial charge in [-0.1, -0.05) is 187 Å². The topological polar surface area (TPSA) is 61.8 Å². The number of allylic oxidation sites excluding steroid dienone is 2. The number of hydrogen-bond donors (Lipinski definition) is 0. The maximum absolute atomic E-state index is 12.5. The van der Waals surface area contributed by atoms with Crippen molar-refractivity contribution in [2.45, 2.75) is 232 Å². The van der Waals surface area contributed by atoms with Gasteiger partial charge in [0.2, 0.25) is 0 Å². The zero-order chi connectivity index (χ0) is 35.0. The van der Waals surface area contributed by atoms with Gasteiger partial charge in [-0.2, -0.15) is 0 Å². The largest absolute Gasteiger partial charge is 0.462 e. The summed E-state index contributed by atoms with van der Waals surface area (Å²) in [5.74, 6) is -0.411. The molecule has 0 heterocycles. The Labute approximate surface area is 299 Å². The van der Waals surface area contributed by atoms with Crippen LogP contribution in [0.4, 0.5) is 0 Å². The molecule has 48 heavy (non-hydrogen) atoms. The lowest BCUT2D eigenvalue weighted by atomic mass is 10.0. The van der Waals surface area contributed by atoms with Crippen LogP contribution in [0.3, 0.4) is 0 Å². The molecule has 0 saturated carbocycles. The average molecular weight is 679 g/mol. The molecule has 0 aromatic carbocycles. The van der Waals surface area contributed by atoms with Gasteiger partial charge in [-0.15, -0.1) is 0 Å². The summed E-state index contributed by atoms with van der Waals surface area (Å²) in [6, 6.07) is 0. The van der Waals surface area contributed by atoms with Crippen LogP contribution >= 0.6 is 0 Å². The van der Waals surface area contributed by atoms with Gasteiger partial charge in [0.15, 0.2) is 6.10 Å². The van der Waals surface area contributed by atoms with E-state index in [9.17, 15) is 9.59 Å². The third kappa shape index (κ3) is 37.5. The lowest BCUT2D eigenvalue weighted by Gasteiger charge is -2.18. The third-order valence-electron chi connectivity index (χ3n) is 9.30. The zero-order valence-electron chi connectivity index (χ0n) is 32.5. The van der Waals surface area contributed by atoms with Crippen LogP contribution in [0.5, 0.6) is 0 Å². The number of ether oxygens (including phenoxy) is 3. The predicted molar refractivity (Wildman–Crippen MR) is 206 cm³/mol. The molecule has 5 nitrogen and oxygen atoms in total. The third-order valence-corrected chi connectivity index (χ3v) is 9.30. The molecule has 0 radical (unpaired) electrons. The van der Waals surface area contributed by atoms with Gasteiger partial charge in [-0.25, -0.2) is 0 Å². The van der Waals surface area contributed by atoms with E-state index in [1.807, 2.05) is 0 Å². The van der Waals surface area contributed by atoms with Crippen LogP contribution in [0.15, 0.2) is 12.2 Å². The van der Waals surface area contributed by atoms with Crippen LogP contribution in [0, 0.1) is 0 Å². The van der Waals surface area contributed by atoms with Gasteiger partial charge >= 0.3 is 11.9 Å². The molecule has 0 N–H and O–H groups in total. The zero-order valence-corrected chi connectivity index (χ0v) is 32.5. The molecule has 284 valence electrons. The van der Waals surface area contributed by atoms with Crippen LogP contribution in [-0.4, -0.2) is 37.9 Å². The number of hydrogen-bond acceptors (Lipinski definition) is 5. The first-order valence-corrected chi connectivity index (χ1v) is 21.2. The first kappa shape index (κ1) is 46.6. The first-order valence-electron chi connectivity index (χ1n) is 21.2. The summed E-state index contributed by atoms with van der Waals surface area (Å²) in [6.45, 7) is 7.74.